The Bertz CT molecular complexity index is 596. The maximum atomic E-state index is 11.9. The Labute approximate surface area is 119 Å². The lowest BCUT2D eigenvalue weighted by atomic mass is 10.1. The highest BCUT2D eigenvalue weighted by atomic mass is 16.1. The van der Waals surface area contributed by atoms with E-state index in [0.717, 1.165) is 22.4 Å². The summed E-state index contributed by atoms with van der Waals surface area (Å²) in [6, 6.07) is 9.71. The Morgan fingerprint density at radius 1 is 1.15 bits per heavy atom. The Morgan fingerprint density at radius 2 is 1.95 bits per heavy atom. The molecule has 0 aliphatic heterocycles. The fourth-order valence-electron chi connectivity index (χ4n) is 1.92. The molecule has 0 saturated heterocycles. The van der Waals surface area contributed by atoms with E-state index in [9.17, 15) is 4.79 Å². The van der Waals surface area contributed by atoms with E-state index in [1.807, 2.05) is 50.4 Å². The molecule has 4 nitrogen and oxygen atoms in total. The van der Waals surface area contributed by atoms with Crippen LogP contribution >= 0.6 is 0 Å². The number of pyridine rings is 1. The van der Waals surface area contributed by atoms with Gasteiger partial charge in [0.1, 0.15) is 0 Å². The summed E-state index contributed by atoms with van der Waals surface area (Å²) in [6.07, 6.45) is 3.59. The van der Waals surface area contributed by atoms with Crippen LogP contribution in [0.3, 0.4) is 0 Å². The van der Waals surface area contributed by atoms with E-state index < -0.39 is 0 Å². The van der Waals surface area contributed by atoms with Crippen LogP contribution < -0.4 is 10.6 Å². The summed E-state index contributed by atoms with van der Waals surface area (Å²) in [5.41, 5.74) is 4.20. The number of para-hydroxylation sites is 1. The number of benzene rings is 1. The van der Waals surface area contributed by atoms with Gasteiger partial charge >= 0.3 is 0 Å². The van der Waals surface area contributed by atoms with E-state index >= 15 is 0 Å². The van der Waals surface area contributed by atoms with Crippen LogP contribution in [0.25, 0.3) is 0 Å². The van der Waals surface area contributed by atoms with Crippen LogP contribution in [0.1, 0.15) is 16.7 Å². The third-order valence-electron chi connectivity index (χ3n) is 3.16. The molecule has 4 heteroatoms. The third kappa shape index (κ3) is 3.90. The summed E-state index contributed by atoms with van der Waals surface area (Å²) < 4.78 is 0. The maximum absolute atomic E-state index is 11.9. The van der Waals surface area contributed by atoms with Crippen LogP contribution in [-0.4, -0.2) is 17.4 Å². The number of nitrogens with zero attached hydrogens (tertiary/aromatic N) is 1. The molecular formula is C16H19N3O. The van der Waals surface area contributed by atoms with Crippen molar-refractivity contribution in [2.45, 2.75) is 20.4 Å². The molecule has 1 amide bonds. The molecule has 0 radical (unpaired) electrons. The molecule has 2 rings (SSSR count). The second kappa shape index (κ2) is 6.82. The number of hydrogen-bond donors (Lipinski definition) is 2. The molecule has 0 fully saturated rings. The second-order valence-corrected chi connectivity index (χ2v) is 4.77. The number of carbonyl (C=O) groups excluding carboxylic acids is 1. The molecule has 0 saturated carbocycles. The number of aromatic nitrogens is 1. The minimum atomic E-state index is -0.0361. The smallest absolute Gasteiger partial charge is 0.238 e. The molecule has 1 aromatic carbocycles. The monoisotopic (exact) mass is 269 g/mol. The van der Waals surface area contributed by atoms with Crippen LogP contribution in [0.4, 0.5) is 5.69 Å². The van der Waals surface area contributed by atoms with Crippen LogP contribution in [0.2, 0.25) is 0 Å². The minimum Gasteiger partial charge on any atom is -0.325 e. The van der Waals surface area contributed by atoms with Gasteiger partial charge in [0.25, 0.3) is 0 Å². The van der Waals surface area contributed by atoms with Crippen molar-refractivity contribution < 1.29 is 4.79 Å². The molecule has 20 heavy (non-hydrogen) atoms. The van der Waals surface area contributed by atoms with E-state index in [1.54, 1.807) is 6.20 Å². The summed E-state index contributed by atoms with van der Waals surface area (Å²) in [5, 5.41) is 6.04. The van der Waals surface area contributed by atoms with Crippen molar-refractivity contribution in [1.29, 1.82) is 0 Å². The standard InChI is InChI=1S/C16H19N3O/c1-12-5-3-4-6-15(12)19-16(20)11-18-10-14-7-8-17-9-13(14)2/h3-9,18H,10-11H2,1-2H3,(H,19,20). The summed E-state index contributed by atoms with van der Waals surface area (Å²) in [7, 11) is 0. The molecule has 1 aromatic heterocycles. The summed E-state index contributed by atoms with van der Waals surface area (Å²) in [5.74, 6) is -0.0361. The van der Waals surface area contributed by atoms with Gasteiger partial charge in [0.05, 0.1) is 6.54 Å². The molecule has 0 atom stereocenters. The Balaban J connectivity index is 1.82. The molecule has 0 bridgehead atoms. The van der Waals surface area contributed by atoms with Gasteiger partial charge in [-0.2, -0.15) is 0 Å². The average molecular weight is 269 g/mol. The van der Waals surface area contributed by atoms with Gasteiger partial charge < -0.3 is 10.6 Å². The van der Waals surface area contributed by atoms with Crippen molar-refractivity contribution in [2.75, 3.05) is 11.9 Å². The quantitative estimate of drug-likeness (QED) is 0.876. The number of anilines is 1. The van der Waals surface area contributed by atoms with Crippen molar-refractivity contribution in [3.8, 4) is 0 Å². The molecule has 2 aromatic rings. The van der Waals surface area contributed by atoms with Crippen LogP contribution in [0, 0.1) is 13.8 Å². The maximum Gasteiger partial charge on any atom is 0.238 e. The average Bonchev–Trinajstić information content (AvgIpc) is 2.43. The van der Waals surface area contributed by atoms with Gasteiger partial charge in [0.15, 0.2) is 0 Å². The number of nitrogens with one attached hydrogen (secondary N) is 2. The molecule has 1 heterocycles. The number of amides is 1. The topological polar surface area (TPSA) is 54.0 Å². The lowest BCUT2D eigenvalue weighted by molar-refractivity contribution is -0.115. The Kier molecular flexibility index (Phi) is 4.85. The third-order valence-corrected chi connectivity index (χ3v) is 3.16. The first-order valence-corrected chi connectivity index (χ1v) is 6.62. The highest BCUT2D eigenvalue weighted by Gasteiger charge is 2.04. The molecule has 104 valence electrons. The van der Waals surface area contributed by atoms with E-state index in [4.69, 9.17) is 0 Å². The highest BCUT2D eigenvalue weighted by molar-refractivity contribution is 5.92. The summed E-state index contributed by atoms with van der Waals surface area (Å²) in [6.45, 7) is 4.94. The molecule has 2 N–H and O–H groups in total. The lowest BCUT2D eigenvalue weighted by Gasteiger charge is -2.09. The van der Waals surface area contributed by atoms with Crippen molar-refractivity contribution in [1.82, 2.24) is 10.3 Å². The van der Waals surface area contributed by atoms with Gasteiger partial charge in [-0.3, -0.25) is 9.78 Å². The zero-order valence-electron chi connectivity index (χ0n) is 11.8. The number of hydrogen-bond acceptors (Lipinski definition) is 3. The van der Waals surface area contributed by atoms with E-state index in [1.165, 1.54) is 0 Å². The molecule has 0 unspecified atom stereocenters. The number of aryl methyl sites for hydroxylation is 2. The first-order valence-electron chi connectivity index (χ1n) is 6.62. The lowest BCUT2D eigenvalue weighted by Crippen LogP contribution is -2.28. The minimum absolute atomic E-state index is 0.0361. The highest BCUT2D eigenvalue weighted by Crippen LogP contribution is 2.12. The summed E-state index contributed by atoms with van der Waals surface area (Å²) >= 11 is 0. The van der Waals surface area contributed by atoms with Crippen molar-refractivity contribution >= 4 is 11.6 Å². The predicted molar refractivity (Wildman–Crippen MR) is 80.5 cm³/mol. The van der Waals surface area contributed by atoms with Gasteiger partial charge in [-0.25, -0.2) is 0 Å². The van der Waals surface area contributed by atoms with Crippen LogP contribution in [0.5, 0.6) is 0 Å². The predicted octanol–water partition coefficient (Wildman–Crippen LogP) is 2.43. The largest absolute Gasteiger partial charge is 0.325 e. The fourth-order valence-corrected chi connectivity index (χ4v) is 1.92. The zero-order chi connectivity index (χ0) is 14.4. The van der Waals surface area contributed by atoms with Gasteiger partial charge in [-0.15, -0.1) is 0 Å². The van der Waals surface area contributed by atoms with Gasteiger partial charge in [-0.05, 0) is 42.7 Å². The van der Waals surface area contributed by atoms with E-state index in [2.05, 4.69) is 15.6 Å². The van der Waals surface area contributed by atoms with E-state index in [0.29, 0.717) is 6.54 Å². The normalized spacial score (nSPS) is 10.3. The first-order chi connectivity index (χ1) is 9.66. The van der Waals surface area contributed by atoms with Gasteiger partial charge in [-0.1, -0.05) is 18.2 Å². The number of rotatable bonds is 5. The Hall–Kier alpha value is -2.20. The van der Waals surface area contributed by atoms with E-state index in [-0.39, 0.29) is 12.5 Å². The molecular weight excluding hydrogens is 250 g/mol. The Morgan fingerprint density at radius 3 is 2.70 bits per heavy atom. The molecule has 0 spiro atoms. The van der Waals surface area contributed by atoms with Gasteiger partial charge in [0.2, 0.25) is 5.91 Å². The second-order valence-electron chi connectivity index (χ2n) is 4.77. The van der Waals surface area contributed by atoms with Crippen molar-refractivity contribution in [3.05, 3.63) is 59.4 Å². The SMILES string of the molecule is Cc1cnccc1CNCC(=O)Nc1ccccc1C. The summed E-state index contributed by atoms with van der Waals surface area (Å²) in [4.78, 5) is 15.9. The first kappa shape index (κ1) is 14.2. The van der Waals surface area contributed by atoms with Crippen molar-refractivity contribution in [3.63, 3.8) is 0 Å². The number of carbonyl (C=O) groups is 1. The fraction of sp³-hybridized carbons (Fsp3) is 0.250. The van der Waals surface area contributed by atoms with Gasteiger partial charge in [0, 0.05) is 24.6 Å². The molecule has 0 aliphatic carbocycles. The van der Waals surface area contributed by atoms with Crippen LogP contribution in [-0.2, 0) is 11.3 Å². The van der Waals surface area contributed by atoms with Crippen LogP contribution in [0.15, 0.2) is 42.7 Å². The zero-order valence-corrected chi connectivity index (χ0v) is 11.8. The molecule has 0 aliphatic rings. The van der Waals surface area contributed by atoms with Crippen molar-refractivity contribution in [2.24, 2.45) is 0 Å².